The van der Waals surface area contributed by atoms with Crippen LogP contribution < -0.4 is 0 Å². The molecule has 0 aromatic rings. The molecule has 0 spiro atoms. The monoisotopic (exact) mass is 380 g/mol. The zero-order valence-corrected chi connectivity index (χ0v) is 16.8. The second-order valence-electron chi connectivity index (χ2n) is 5.76. The summed E-state index contributed by atoms with van der Waals surface area (Å²) >= 11 is 0. The van der Waals surface area contributed by atoms with Crippen LogP contribution in [0.1, 0.15) is 58.3 Å². The van der Waals surface area contributed by atoms with E-state index in [0.29, 0.717) is 6.42 Å². The predicted octanol–water partition coefficient (Wildman–Crippen LogP) is 5.41. The second kappa shape index (κ2) is 16.6. The summed E-state index contributed by atoms with van der Waals surface area (Å²) in [5.74, 6) is -0.695. The van der Waals surface area contributed by atoms with Gasteiger partial charge in [0.15, 0.2) is 0 Å². The van der Waals surface area contributed by atoms with Crippen molar-refractivity contribution in [2.24, 2.45) is 0 Å². The molecular formula is C21H32O4S. The summed E-state index contributed by atoms with van der Waals surface area (Å²) in [5.41, 5.74) is 0. The van der Waals surface area contributed by atoms with Crippen LogP contribution in [-0.2, 0) is 19.1 Å². The van der Waals surface area contributed by atoms with Crippen molar-refractivity contribution >= 4 is 16.1 Å². The molecule has 0 aromatic carbocycles. The summed E-state index contributed by atoms with van der Waals surface area (Å²) in [7, 11) is -3.68. The lowest BCUT2D eigenvalue weighted by Crippen LogP contribution is -2.10. The fourth-order valence-electron chi connectivity index (χ4n) is 1.94. The summed E-state index contributed by atoms with van der Waals surface area (Å²) in [6.07, 6.45) is 28.4. The van der Waals surface area contributed by atoms with Gasteiger partial charge in [0, 0.05) is 6.42 Å². The quantitative estimate of drug-likeness (QED) is 0.230. The molecule has 0 aliphatic heterocycles. The lowest BCUT2D eigenvalue weighted by atomic mass is 10.2. The maximum atomic E-state index is 11.2. The minimum Gasteiger partial charge on any atom is -0.346 e. The first-order valence-electron chi connectivity index (χ1n) is 9.13. The minimum absolute atomic E-state index is 0.112. The Morgan fingerprint density at radius 3 is 1.62 bits per heavy atom. The van der Waals surface area contributed by atoms with E-state index >= 15 is 0 Å². The predicted molar refractivity (Wildman–Crippen MR) is 109 cm³/mol. The summed E-state index contributed by atoms with van der Waals surface area (Å²) in [5, 5.41) is 0. The van der Waals surface area contributed by atoms with Crippen LogP contribution in [0.15, 0.2) is 60.8 Å². The van der Waals surface area contributed by atoms with E-state index in [0.717, 1.165) is 44.8 Å². The van der Waals surface area contributed by atoms with Crippen molar-refractivity contribution in [1.29, 1.82) is 0 Å². The van der Waals surface area contributed by atoms with Crippen LogP contribution in [0, 0.1) is 0 Å². The Labute approximate surface area is 159 Å². The summed E-state index contributed by atoms with van der Waals surface area (Å²) in [6.45, 7) is 2.13. The Morgan fingerprint density at radius 1 is 0.769 bits per heavy atom. The molecule has 146 valence electrons. The molecule has 0 radical (unpaired) electrons. The Balaban J connectivity index is 3.60. The highest BCUT2D eigenvalue weighted by Gasteiger charge is 2.09. The van der Waals surface area contributed by atoms with Crippen molar-refractivity contribution in [3.63, 3.8) is 0 Å². The standard InChI is InChI=1S/C21H32O4S/c1-3-4-5-6-7-8-9-10-11-12-13-14-15-16-17-18-19-20-21(22)25-26(2,23)24/h4-5,7-8,10-11,13-14,16-17H,3,6,9,12,15,18-20H2,1-2H3/b5-4-,8-7-,11-10-,14-13-,17-16-. The van der Waals surface area contributed by atoms with Gasteiger partial charge in [-0.3, -0.25) is 4.79 Å². The van der Waals surface area contributed by atoms with E-state index in [1.165, 1.54) is 0 Å². The molecular weight excluding hydrogens is 348 g/mol. The third kappa shape index (κ3) is 20.2. The molecule has 0 aliphatic carbocycles. The van der Waals surface area contributed by atoms with E-state index in [2.05, 4.69) is 59.7 Å². The highest BCUT2D eigenvalue weighted by molar-refractivity contribution is 7.86. The van der Waals surface area contributed by atoms with Gasteiger partial charge in [0.1, 0.15) is 0 Å². The van der Waals surface area contributed by atoms with Gasteiger partial charge in [-0.15, -0.1) is 0 Å². The van der Waals surface area contributed by atoms with Crippen molar-refractivity contribution in [2.75, 3.05) is 6.26 Å². The van der Waals surface area contributed by atoms with Gasteiger partial charge in [0.2, 0.25) is 0 Å². The van der Waals surface area contributed by atoms with E-state index in [1.807, 2.05) is 12.2 Å². The van der Waals surface area contributed by atoms with Crippen LogP contribution >= 0.6 is 0 Å². The molecule has 0 rings (SSSR count). The SMILES string of the molecule is CC/C=C\C/C=C\C/C=C\C/C=C\C/C=C\CCCC(=O)OS(C)(=O)=O. The topological polar surface area (TPSA) is 60.4 Å². The van der Waals surface area contributed by atoms with Crippen LogP contribution in [0.4, 0.5) is 0 Å². The number of carbonyl (C=O) groups excluding carboxylic acids is 1. The van der Waals surface area contributed by atoms with Gasteiger partial charge in [-0.25, -0.2) is 0 Å². The van der Waals surface area contributed by atoms with E-state index in [1.54, 1.807) is 0 Å². The fraction of sp³-hybridized carbons (Fsp3) is 0.476. The normalized spacial score (nSPS) is 13.2. The minimum atomic E-state index is -3.68. The number of unbranched alkanes of at least 4 members (excludes halogenated alkanes) is 1. The van der Waals surface area contributed by atoms with Crippen molar-refractivity contribution in [2.45, 2.75) is 58.3 Å². The number of rotatable bonds is 14. The van der Waals surface area contributed by atoms with E-state index in [-0.39, 0.29) is 6.42 Å². The van der Waals surface area contributed by atoms with Crippen LogP contribution in [-0.4, -0.2) is 20.6 Å². The maximum Gasteiger partial charge on any atom is 0.322 e. The molecule has 0 atom stereocenters. The van der Waals surface area contributed by atoms with Crippen LogP contribution in [0.3, 0.4) is 0 Å². The van der Waals surface area contributed by atoms with Crippen molar-refractivity contribution in [3.8, 4) is 0 Å². The highest BCUT2D eigenvalue weighted by atomic mass is 32.2. The molecule has 0 saturated carbocycles. The molecule has 26 heavy (non-hydrogen) atoms. The summed E-state index contributed by atoms with van der Waals surface area (Å²) in [6, 6.07) is 0. The average Bonchev–Trinajstić information content (AvgIpc) is 2.56. The van der Waals surface area contributed by atoms with Gasteiger partial charge >= 0.3 is 16.1 Å². The maximum absolute atomic E-state index is 11.2. The largest absolute Gasteiger partial charge is 0.346 e. The number of hydrogen-bond acceptors (Lipinski definition) is 4. The van der Waals surface area contributed by atoms with Crippen LogP contribution in [0.25, 0.3) is 0 Å². The lowest BCUT2D eigenvalue weighted by Gasteiger charge is -1.99. The molecule has 0 aromatic heterocycles. The van der Waals surface area contributed by atoms with Gasteiger partial charge in [-0.2, -0.15) is 8.42 Å². The van der Waals surface area contributed by atoms with Gasteiger partial charge in [0.05, 0.1) is 6.26 Å². The number of allylic oxidation sites excluding steroid dienone is 10. The van der Waals surface area contributed by atoms with E-state index < -0.39 is 16.1 Å². The van der Waals surface area contributed by atoms with Gasteiger partial charge in [0.25, 0.3) is 0 Å². The van der Waals surface area contributed by atoms with E-state index in [4.69, 9.17) is 0 Å². The molecule has 0 N–H and O–H groups in total. The Morgan fingerprint density at radius 2 is 1.19 bits per heavy atom. The lowest BCUT2D eigenvalue weighted by molar-refractivity contribution is -0.133. The Bertz CT molecular complexity index is 608. The van der Waals surface area contributed by atoms with Gasteiger partial charge < -0.3 is 4.18 Å². The van der Waals surface area contributed by atoms with Crippen molar-refractivity contribution in [1.82, 2.24) is 0 Å². The number of carbonyl (C=O) groups is 1. The third-order valence-electron chi connectivity index (χ3n) is 3.15. The molecule has 0 saturated heterocycles. The smallest absolute Gasteiger partial charge is 0.322 e. The van der Waals surface area contributed by atoms with Crippen molar-refractivity contribution in [3.05, 3.63) is 60.8 Å². The second-order valence-corrected chi connectivity index (χ2v) is 7.33. The molecule has 0 unspecified atom stereocenters. The van der Waals surface area contributed by atoms with Crippen molar-refractivity contribution < 1.29 is 17.4 Å². The average molecular weight is 381 g/mol. The first-order valence-corrected chi connectivity index (χ1v) is 10.9. The molecule has 5 heteroatoms. The zero-order valence-electron chi connectivity index (χ0n) is 16.0. The van der Waals surface area contributed by atoms with E-state index in [9.17, 15) is 13.2 Å². The summed E-state index contributed by atoms with van der Waals surface area (Å²) < 4.78 is 25.7. The number of hydrogen-bond donors (Lipinski definition) is 0. The summed E-state index contributed by atoms with van der Waals surface area (Å²) in [4.78, 5) is 11.2. The first-order chi connectivity index (χ1) is 12.5. The van der Waals surface area contributed by atoms with Gasteiger partial charge in [-0.1, -0.05) is 67.7 Å². The molecule has 4 nitrogen and oxygen atoms in total. The zero-order chi connectivity index (χ0) is 19.5. The Hall–Kier alpha value is -1.88. The molecule has 0 amide bonds. The Kier molecular flexibility index (Phi) is 15.4. The fourth-order valence-corrected chi connectivity index (χ4v) is 2.36. The van der Waals surface area contributed by atoms with Crippen LogP contribution in [0.5, 0.6) is 0 Å². The van der Waals surface area contributed by atoms with Crippen LogP contribution in [0.2, 0.25) is 0 Å². The first kappa shape index (κ1) is 24.1. The molecule has 0 fully saturated rings. The van der Waals surface area contributed by atoms with Gasteiger partial charge in [-0.05, 0) is 44.9 Å². The third-order valence-corrected chi connectivity index (χ3v) is 3.64. The molecule has 0 bridgehead atoms. The highest BCUT2D eigenvalue weighted by Crippen LogP contribution is 2.02. The molecule has 0 aliphatic rings. The molecule has 0 heterocycles.